The van der Waals surface area contributed by atoms with Crippen LogP contribution in [0, 0.1) is 6.92 Å². The minimum atomic E-state index is -0.489. The SMILES string of the molecule is Cc1ccccc1OC[C@@H](O)CN1CCN(c2cccc(Cl)c2)CC1. The topological polar surface area (TPSA) is 35.9 Å². The minimum Gasteiger partial charge on any atom is -0.491 e. The van der Waals surface area contributed by atoms with E-state index in [0.717, 1.165) is 48.2 Å². The van der Waals surface area contributed by atoms with Crippen LogP contribution < -0.4 is 9.64 Å². The zero-order valence-corrected chi connectivity index (χ0v) is 15.3. The fourth-order valence-corrected chi connectivity index (χ4v) is 3.30. The first-order valence-corrected chi connectivity index (χ1v) is 9.09. The zero-order valence-electron chi connectivity index (χ0n) is 14.6. The van der Waals surface area contributed by atoms with Crippen molar-refractivity contribution in [1.82, 2.24) is 4.90 Å². The van der Waals surface area contributed by atoms with Gasteiger partial charge in [-0.1, -0.05) is 35.9 Å². The summed E-state index contributed by atoms with van der Waals surface area (Å²) in [5, 5.41) is 11.0. The van der Waals surface area contributed by atoms with Crippen molar-refractivity contribution < 1.29 is 9.84 Å². The molecule has 1 saturated heterocycles. The van der Waals surface area contributed by atoms with E-state index in [1.165, 1.54) is 0 Å². The Hall–Kier alpha value is -1.75. The smallest absolute Gasteiger partial charge is 0.122 e. The second-order valence-electron chi connectivity index (χ2n) is 6.50. The van der Waals surface area contributed by atoms with E-state index in [-0.39, 0.29) is 0 Å². The molecule has 4 nitrogen and oxygen atoms in total. The Bertz CT molecular complexity index is 687. The normalized spacial score (nSPS) is 16.7. The number of aryl methyl sites for hydroxylation is 1. The summed E-state index contributed by atoms with van der Waals surface area (Å²) in [6.07, 6.45) is -0.489. The average Bonchev–Trinajstić information content (AvgIpc) is 2.62. The number of piperazine rings is 1. The number of hydrogen-bond donors (Lipinski definition) is 1. The predicted octanol–water partition coefficient (Wildman–Crippen LogP) is 3.21. The van der Waals surface area contributed by atoms with Gasteiger partial charge in [0.2, 0.25) is 0 Å². The van der Waals surface area contributed by atoms with E-state index in [1.54, 1.807) is 0 Å². The van der Waals surface area contributed by atoms with Gasteiger partial charge in [-0.3, -0.25) is 4.90 Å². The van der Waals surface area contributed by atoms with Crippen LogP contribution in [0.2, 0.25) is 5.02 Å². The number of β-amino-alcohol motifs (C(OH)–C–C–N with tert-alkyl or cyclic N) is 1. The molecule has 1 N–H and O–H groups in total. The molecule has 1 atom stereocenters. The van der Waals surface area contributed by atoms with Crippen molar-refractivity contribution in [3.05, 3.63) is 59.1 Å². The van der Waals surface area contributed by atoms with Gasteiger partial charge < -0.3 is 14.7 Å². The summed E-state index contributed by atoms with van der Waals surface area (Å²) < 4.78 is 5.74. The average molecular weight is 361 g/mol. The van der Waals surface area contributed by atoms with Gasteiger partial charge in [0.15, 0.2) is 0 Å². The molecule has 0 bridgehead atoms. The van der Waals surface area contributed by atoms with Gasteiger partial charge in [-0.25, -0.2) is 0 Å². The number of anilines is 1. The lowest BCUT2D eigenvalue weighted by Gasteiger charge is -2.36. The Labute approximate surface area is 154 Å². The molecule has 134 valence electrons. The van der Waals surface area contributed by atoms with Crippen LogP contribution in [0.5, 0.6) is 5.75 Å². The maximum Gasteiger partial charge on any atom is 0.122 e. The van der Waals surface area contributed by atoms with Crippen LogP contribution in [0.3, 0.4) is 0 Å². The van der Waals surface area contributed by atoms with Gasteiger partial charge in [-0.15, -0.1) is 0 Å². The summed E-state index contributed by atoms with van der Waals surface area (Å²) in [6, 6.07) is 15.8. The highest BCUT2D eigenvalue weighted by Crippen LogP contribution is 2.21. The van der Waals surface area contributed by atoms with E-state index in [9.17, 15) is 5.11 Å². The molecule has 0 unspecified atom stereocenters. The molecule has 1 aliphatic heterocycles. The van der Waals surface area contributed by atoms with E-state index in [2.05, 4.69) is 15.9 Å². The number of aliphatic hydroxyl groups excluding tert-OH is 1. The Morgan fingerprint density at radius 2 is 1.84 bits per heavy atom. The molecule has 0 aliphatic carbocycles. The van der Waals surface area contributed by atoms with Gasteiger partial charge in [0.1, 0.15) is 18.5 Å². The molecule has 1 aliphatic rings. The lowest BCUT2D eigenvalue weighted by Crippen LogP contribution is -2.49. The van der Waals surface area contributed by atoms with E-state index in [0.29, 0.717) is 13.2 Å². The highest BCUT2D eigenvalue weighted by molar-refractivity contribution is 6.30. The first-order valence-electron chi connectivity index (χ1n) is 8.71. The number of hydrogen-bond acceptors (Lipinski definition) is 4. The Morgan fingerprint density at radius 3 is 2.56 bits per heavy atom. The number of benzene rings is 2. The minimum absolute atomic E-state index is 0.319. The molecule has 0 amide bonds. The highest BCUT2D eigenvalue weighted by Gasteiger charge is 2.20. The van der Waals surface area contributed by atoms with Gasteiger partial charge in [-0.2, -0.15) is 0 Å². The largest absolute Gasteiger partial charge is 0.491 e. The van der Waals surface area contributed by atoms with Gasteiger partial charge in [0.05, 0.1) is 0 Å². The van der Waals surface area contributed by atoms with Gasteiger partial charge >= 0.3 is 0 Å². The molecule has 0 spiro atoms. The molecule has 2 aromatic rings. The number of ether oxygens (including phenoxy) is 1. The number of para-hydroxylation sites is 1. The standard InChI is InChI=1S/C20H25ClN2O2/c1-16-5-2-3-8-20(16)25-15-19(24)14-22-9-11-23(12-10-22)18-7-4-6-17(21)13-18/h2-8,13,19,24H,9-12,14-15H2,1H3/t19-/m0/s1. The second kappa shape index (κ2) is 8.56. The summed E-state index contributed by atoms with van der Waals surface area (Å²) in [5.74, 6) is 0.840. The van der Waals surface area contributed by atoms with Crippen molar-refractivity contribution in [3.63, 3.8) is 0 Å². The Balaban J connectivity index is 1.43. The van der Waals surface area contributed by atoms with Crippen LogP contribution in [0.25, 0.3) is 0 Å². The van der Waals surface area contributed by atoms with Crippen LogP contribution in [-0.2, 0) is 0 Å². The molecular formula is C20H25ClN2O2. The van der Waals surface area contributed by atoms with E-state index in [4.69, 9.17) is 16.3 Å². The monoisotopic (exact) mass is 360 g/mol. The summed E-state index contributed by atoms with van der Waals surface area (Å²) in [7, 11) is 0. The van der Waals surface area contributed by atoms with Crippen molar-refractivity contribution in [3.8, 4) is 5.75 Å². The lowest BCUT2D eigenvalue weighted by atomic mass is 10.2. The zero-order chi connectivity index (χ0) is 17.6. The van der Waals surface area contributed by atoms with Crippen LogP contribution in [0.15, 0.2) is 48.5 Å². The Kier molecular flexibility index (Phi) is 6.19. The van der Waals surface area contributed by atoms with Crippen molar-refractivity contribution in [1.29, 1.82) is 0 Å². The van der Waals surface area contributed by atoms with Crippen molar-refractivity contribution in [2.45, 2.75) is 13.0 Å². The quantitative estimate of drug-likeness (QED) is 0.858. The van der Waals surface area contributed by atoms with Crippen molar-refractivity contribution in [2.24, 2.45) is 0 Å². The summed E-state index contributed by atoms with van der Waals surface area (Å²) >= 11 is 6.07. The second-order valence-corrected chi connectivity index (χ2v) is 6.93. The maximum absolute atomic E-state index is 10.3. The molecular weight excluding hydrogens is 336 g/mol. The number of nitrogens with zero attached hydrogens (tertiary/aromatic N) is 2. The fraction of sp³-hybridized carbons (Fsp3) is 0.400. The summed E-state index contributed by atoms with van der Waals surface area (Å²) in [6.45, 7) is 6.69. The fourth-order valence-electron chi connectivity index (χ4n) is 3.12. The molecule has 25 heavy (non-hydrogen) atoms. The van der Waals surface area contributed by atoms with Crippen LogP contribution >= 0.6 is 11.6 Å². The number of aliphatic hydroxyl groups is 1. The molecule has 1 fully saturated rings. The maximum atomic E-state index is 10.3. The third-order valence-electron chi connectivity index (χ3n) is 4.54. The van der Waals surface area contributed by atoms with Crippen LogP contribution in [0.1, 0.15) is 5.56 Å². The highest BCUT2D eigenvalue weighted by atomic mass is 35.5. The molecule has 2 aromatic carbocycles. The first kappa shape index (κ1) is 18.1. The van der Waals surface area contributed by atoms with Crippen molar-refractivity contribution >= 4 is 17.3 Å². The summed E-state index contributed by atoms with van der Waals surface area (Å²) in [4.78, 5) is 4.62. The first-order chi connectivity index (χ1) is 12.1. The van der Waals surface area contributed by atoms with Gasteiger partial charge in [0.25, 0.3) is 0 Å². The Morgan fingerprint density at radius 1 is 1.08 bits per heavy atom. The lowest BCUT2D eigenvalue weighted by molar-refractivity contribution is 0.0661. The summed E-state index contributed by atoms with van der Waals surface area (Å²) in [5.41, 5.74) is 2.25. The van der Waals surface area contributed by atoms with E-state index in [1.807, 2.05) is 49.4 Å². The molecule has 0 saturated carbocycles. The van der Waals surface area contributed by atoms with E-state index >= 15 is 0 Å². The van der Waals surface area contributed by atoms with Gasteiger partial charge in [0, 0.05) is 43.4 Å². The van der Waals surface area contributed by atoms with Crippen LogP contribution in [-0.4, -0.2) is 55.4 Å². The molecule has 0 aromatic heterocycles. The molecule has 3 rings (SSSR count). The number of halogens is 1. The molecule has 0 radical (unpaired) electrons. The van der Waals surface area contributed by atoms with Crippen LogP contribution in [0.4, 0.5) is 5.69 Å². The number of rotatable bonds is 6. The predicted molar refractivity (Wildman–Crippen MR) is 103 cm³/mol. The molecule has 1 heterocycles. The third-order valence-corrected chi connectivity index (χ3v) is 4.77. The van der Waals surface area contributed by atoms with E-state index < -0.39 is 6.10 Å². The molecule has 5 heteroatoms. The third kappa shape index (κ3) is 5.11. The van der Waals surface area contributed by atoms with Crippen molar-refractivity contribution in [2.75, 3.05) is 44.2 Å². The van der Waals surface area contributed by atoms with Gasteiger partial charge in [-0.05, 0) is 36.8 Å².